The summed E-state index contributed by atoms with van der Waals surface area (Å²) in [5.74, 6) is 5.59. The first-order valence-corrected chi connectivity index (χ1v) is 10.2. The molecule has 0 atom stereocenters. The number of hydrogen-bond donors (Lipinski definition) is 1. The van der Waals surface area contributed by atoms with Gasteiger partial charge in [-0.05, 0) is 86.1 Å². The quantitative estimate of drug-likeness (QED) is 0.691. The molecule has 2 aromatic rings. The maximum absolute atomic E-state index is 6.29. The molecule has 1 aromatic carbocycles. The van der Waals surface area contributed by atoms with Gasteiger partial charge in [-0.25, -0.2) is 0 Å². The Morgan fingerprint density at radius 1 is 0.920 bits per heavy atom. The van der Waals surface area contributed by atoms with E-state index >= 15 is 0 Å². The van der Waals surface area contributed by atoms with E-state index in [0.29, 0.717) is 16.1 Å². The third-order valence-corrected chi connectivity index (χ3v) is 7.14. The highest BCUT2D eigenvalue weighted by atomic mass is 35.5. The third-order valence-electron chi connectivity index (χ3n) is 6.60. The van der Waals surface area contributed by atoms with Gasteiger partial charge in [0, 0.05) is 16.6 Å². The molecule has 2 nitrogen and oxygen atoms in total. The van der Waals surface area contributed by atoms with Gasteiger partial charge in [0.15, 0.2) is 0 Å². The monoisotopic (exact) mass is 375 g/mol. The molecule has 4 saturated carbocycles. The van der Waals surface area contributed by atoms with Gasteiger partial charge in [0.25, 0.3) is 0 Å². The maximum atomic E-state index is 6.29. The van der Waals surface area contributed by atoms with Crippen LogP contribution < -0.4 is 5.32 Å². The van der Waals surface area contributed by atoms with E-state index in [0.717, 1.165) is 47.3 Å². The lowest BCUT2D eigenvalue weighted by Crippen LogP contribution is -2.54. The zero-order valence-electron chi connectivity index (χ0n) is 14.2. The van der Waals surface area contributed by atoms with Crippen molar-refractivity contribution in [1.29, 1.82) is 0 Å². The van der Waals surface area contributed by atoms with Crippen LogP contribution in [0.4, 0.5) is 0 Å². The zero-order chi connectivity index (χ0) is 17.0. The second kappa shape index (κ2) is 6.33. The third kappa shape index (κ3) is 3.03. The van der Waals surface area contributed by atoms with Crippen molar-refractivity contribution in [3.05, 3.63) is 46.1 Å². The fraction of sp³-hybridized carbons (Fsp3) is 0.524. The van der Waals surface area contributed by atoms with Gasteiger partial charge in [0.1, 0.15) is 11.5 Å². The van der Waals surface area contributed by atoms with Crippen LogP contribution in [0.3, 0.4) is 0 Å². The summed E-state index contributed by atoms with van der Waals surface area (Å²) >= 11 is 12.3. The van der Waals surface area contributed by atoms with Gasteiger partial charge in [-0.15, -0.1) is 0 Å². The molecule has 4 fully saturated rings. The summed E-state index contributed by atoms with van der Waals surface area (Å²) in [5, 5.41) is 5.09. The van der Waals surface area contributed by atoms with Gasteiger partial charge in [0.05, 0.1) is 11.6 Å². The largest absolute Gasteiger partial charge is 0.460 e. The minimum absolute atomic E-state index is 0.627. The van der Waals surface area contributed by atoms with Crippen LogP contribution in [0, 0.1) is 23.7 Å². The molecule has 25 heavy (non-hydrogen) atoms. The van der Waals surface area contributed by atoms with Gasteiger partial charge in [-0.3, -0.25) is 0 Å². The van der Waals surface area contributed by atoms with Crippen molar-refractivity contribution in [1.82, 2.24) is 5.32 Å². The molecule has 4 bridgehead atoms. The van der Waals surface area contributed by atoms with Crippen molar-refractivity contribution in [2.24, 2.45) is 23.7 Å². The second-order valence-corrected chi connectivity index (χ2v) is 9.07. The molecule has 0 unspecified atom stereocenters. The zero-order valence-corrected chi connectivity index (χ0v) is 15.7. The van der Waals surface area contributed by atoms with Crippen LogP contribution in [0.15, 0.2) is 34.7 Å². The number of halogens is 2. The van der Waals surface area contributed by atoms with E-state index in [1.807, 2.05) is 18.2 Å². The Morgan fingerprint density at radius 2 is 1.64 bits per heavy atom. The lowest BCUT2D eigenvalue weighted by molar-refractivity contribution is -0.0147. The summed E-state index contributed by atoms with van der Waals surface area (Å²) in [4.78, 5) is 0. The summed E-state index contributed by atoms with van der Waals surface area (Å²) in [5.41, 5.74) is 0.895. The van der Waals surface area contributed by atoms with Crippen LogP contribution in [0.1, 0.15) is 37.9 Å². The first kappa shape index (κ1) is 16.2. The molecular weight excluding hydrogens is 353 g/mol. The van der Waals surface area contributed by atoms with Gasteiger partial charge in [0.2, 0.25) is 0 Å². The summed E-state index contributed by atoms with van der Waals surface area (Å²) in [6.45, 7) is 0.804. The van der Waals surface area contributed by atoms with Crippen molar-refractivity contribution in [3.63, 3.8) is 0 Å². The minimum Gasteiger partial charge on any atom is -0.460 e. The Kier molecular flexibility index (Phi) is 4.11. The van der Waals surface area contributed by atoms with Crippen LogP contribution >= 0.6 is 23.2 Å². The maximum Gasteiger partial charge on any atom is 0.135 e. The minimum atomic E-state index is 0.627. The molecule has 0 radical (unpaired) electrons. The fourth-order valence-electron chi connectivity index (χ4n) is 5.78. The molecular formula is C21H23Cl2NO. The summed E-state index contributed by atoms with van der Waals surface area (Å²) in [6.07, 6.45) is 7.26. The first-order chi connectivity index (χ1) is 12.2. The predicted molar refractivity (Wildman–Crippen MR) is 102 cm³/mol. The van der Waals surface area contributed by atoms with Gasteiger partial charge in [-0.2, -0.15) is 0 Å². The molecule has 1 aromatic heterocycles. The van der Waals surface area contributed by atoms with Crippen molar-refractivity contribution >= 4 is 23.2 Å². The average Bonchev–Trinajstić information content (AvgIpc) is 3.02. The molecule has 4 heteroatoms. The summed E-state index contributed by atoms with van der Waals surface area (Å²) < 4.78 is 6.04. The number of rotatable bonds is 4. The topological polar surface area (TPSA) is 25.2 Å². The van der Waals surface area contributed by atoms with E-state index < -0.39 is 0 Å². The van der Waals surface area contributed by atoms with Gasteiger partial charge < -0.3 is 9.73 Å². The fourth-order valence-corrected chi connectivity index (χ4v) is 6.29. The second-order valence-electron chi connectivity index (χ2n) is 8.23. The Labute approximate surface area is 158 Å². The molecule has 0 spiro atoms. The summed E-state index contributed by atoms with van der Waals surface area (Å²) in [7, 11) is 0. The molecule has 1 heterocycles. The Balaban J connectivity index is 1.27. The van der Waals surface area contributed by atoms with Crippen molar-refractivity contribution in [3.8, 4) is 11.3 Å². The molecule has 1 N–H and O–H groups in total. The normalized spacial score (nSPS) is 33.1. The highest BCUT2D eigenvalue weighted by Crippen LogP contribution is 2.53. The lowest BCUT2D eigenvalue weighted by Gasteiger charge is -2.54. The van der Waals surface area contributed by atoms with E-state index in [2.05, 4.69) is 11.4 Å². The average molecular weight is 376 g/mol. The highest BCUT2D eigenvalue weighted by Gasteiger charge is 2.47. The van der Waals surface area contributed by atoms with Crippen molar-refractivity contribution in [2.75, 3.05) is 0 Å². The van der Waals surface area contributed by atoms with E-state index in [1.165, 1.54) is 32.1 Å². The molecule has 132 valence electrons. The molecule has 4 aliphatic carbocycles. The first-order valence-electron chi connectivity index (χ1n) is 9.43. The van der Waals surface area contributed by atoms with E-state index in [9.17, 15) is 0 Å². The van der Waals surface area contributed by atoms with Gasteiger partial charge in [-0.1, -0.05) is 23.2 Å². The van der Waals surface area contributed by atoms with Crippen LogP contribution in [0.25, 0.3) is 11.3 Å². The number of benzene rings is 1. The van der Waals surface area contributed by atoms with Crippen LogP contribution in [-0.2, 0) is 6.54 Å². The van der Waals surface area contributed by atoms with Gasteiger partial charge >= 0.3 is 0 Å². The molecule has 0 amide bonds. The van der Waals surface area contributed by atoms with E-state index in [1.54, 1.807) is 6.07 Å². The number of furan rings is 1. The van der Waals surface area contributed by atoms with Crippen molar-refractivity contribution < 1.29 is 4.42 Å². The smallest absolute Gasteiger partial charge is 0.135 e. The Hall–Kier alpha value is -0.960. The van der Waals surface area contributed by atoms with Crippen LogP contribution in [0.5, 0.6) is 0 Å². The molecule has 0 saturated heterocycles. The standard InChI is InChI=1S/C21H23Cl2NO/c22-16-1-3-18(19(23)10-16)20-4-2-17(25-20)11-24-21-14-6-12-5-13(8-14)9-15(21)7-12/h1-4,10,12-15,21,24H,5-9,11H2. The predicted octanol–water partition coefficient (Wildman–Crippen LogP) is 6.17. The molecule has 6 rings (SSSR count). The SMILES string of the molecule is Clc1ccc(-c2ccc(CNC3C4CC5CC(C4)CC3C5)o2)c(Cl)c1. The summed E-state index contributed by atoms with van der Waals surface area (Å²) in [6, 6.07) is 10.3. The molecule has 0 aliphatic heterocycles. The number of hydrogen-bond acceptors (Lipinski definition) is 2. The highest BCUT2D eigenvalue weighted by molar-refractivity contribution is 6.36. The number of nitrogens with one attached hydrogen (secondary N) is 1. The Morgan fingerprint density at radius 3 is 2.32 bits per heavy atom. The van der Waals surface area contributed by atoms with E-state index in [4.69, 9.17) is 27.6 Å². The van der Waals surface area contributed by atoms with Crippen molar-refractivity contribution in [2.45, 2.75) is 44.7 Å². The van der Waals surface area contributed by atoms with Crippen LogP contribution in [-0.4, -0.2) is 6.04 Å². The van der Waals surface area contributed by atoms with E-state index in [-0.39, 0.29) is 0 Å². The molecule has 4 aliphatic rings. The Bertz CT molecular complexity index is 756. The lowest BCUT2D eigenvalue weighted by atomic mass is 9.54. The van der Waals surface area contributed by atoms with Crippen LogP contribution in [0.2, 0.25) is 10.0 Å².